The lowest BCUT2D eigenvalue weighted by atomic mass is 10.0. The van der Waals surface area contributed by atoms with Gasteiger partial charge in [-0.15, -0.1) is 0 Å². The Morgan fingerprint density at radius 1 is 0.758 bits per heavy atom. The number of hydrogen-bond acceptors (Lipinski definition) is 5. The summed E-state index contributed by atoms with van der Waals surface area (Å²) in [5.74, 6) is -1.40. The highest BCUT2D eigenvalue weighted by molar-refractivity contribution is 6.35. The average molecular weight is 481 g/mol. The number of aromatic nitrogens is 2. The van der Waals surface area contributed by atoms with Crippen molar-refractivity contribution >= 4 is 35.1 Å². The van der Waals surface area contributed by atoms with Crippen LogP contribution in [0.3, 0.4) is 0 Å². The number of nitrogens with zero attached hydrogens (tertiary/aromatic N) is 2. The molecule has 0 spiro atoms. The lowest BCUT2D eigenvalue weighted by Gasteiger charge is -2.07. The Morgan fingerprint density at radius 3 is 1.91 bits per heavy atom. The predicted octanol–water partition coefficient (Wildman–Crippen LogP) is 6.09. The zero-order valence-corrected chi connectivity index (χ0v) is 19.2. The summed E-state index contributed by atoms with van der Waals surface area (Å²) in [6.45, 7) is 0. The third kappa shape index (κ3) is 4.49. The maximum Gasteiger partial charge on any atom is 0.357 e. The van der Waals surface area contributed by atoms with Gasteiger partial charge in [-0.05, 0) is 41.5 Å². The lowest BCUT2D eigenvalue weighted by Crippen LogP contribution is -2.15. The Morgan fingerprint density at radius 2 is 1.33 bits per heavy atom. The fraction of sp³-hybridized carbons (Fsp3) is 0.0800. The van der Waals surface area contributed by atoms with Crippen LogP contribution in [0.1, 0.15) is 20.8 Å². The second kappa shape index (κ2) is 9.48. The van der Waals surface area contributed by atoms with Gasteiger partial charge in [-0.3, -0.25) is 0 Å². The summed E-state index contributed by atoms with van der Waals surface area (Å²) in [4.78, 5) is 25.4. The van der Waals surface area contributed by atoms with Gasteiger partial charge in [0, 0.05) is 15.6 Å². The van der Waals surface area contributed by atoms with Gasteiger partial charge >= 0.3 is 11.9 Å². The third-order valence-electron chi connectivity index (χ3n) is 5.01. The molecule has 0 atom stereocenters. The van der Waals surface area contributed by atoms with Gasteiger partial charge in [0.05, 0.1) is 19.9 Å². The van der Waals surface area contributed by atoms with E-state index < -0.39 is 11.9 Å². The van der Waals surface area contributed by atoms with Gasteiger partial charge in [0.25, 0.3) is 0 Å². The standard InChI is InChI=1S/C25H18Cl2N2O4/c1-32-24(30)21-22(28-29(23(21)25(31)33-2)20-6-4-3-5-7-20)16-10-8-15(9-11-16)17-12-18(26)14-19(27)13-17/h3-14H,1-2H3. The maximum atomic E-state index is 12.7. The summed E-state index contributed by atoms with van der Waals surface area (Å²) >= 11 is 12.3. The Kier molecular flexibility index (Phi) is 6.49. The van der Waals surface area contributed by atoms with E-state index in [4.69, 9.17) is 32.7 Å². The molecule has 6 nitrogen and oxygen atoms in total. The molecule has 4 rings (SSSR count). The van der Waals surface area contributed by atoms with Crippen LogP contribution in [0, 0.1) is 0 Å². The van der Waals surface area contributed by atoms with E-state index in [-0.39, 0.29) is 11.3 Å². The maximum absolute atomic E-state index is 12.7. The van der Waals surface area contributed by atoms with Crippen molar-refractivity contribution in [2.24, 2.45) is 0 Å². The Hall–Kier alpha value is -3.61. The first kappa shape index (κ1) is 22.6. The highest BCUT2D eigenvalue weighted by atomic mass is 35.5. The van der Waals surface area contributed by atoms with Crippen LogP contribution < -0.4 is 0 Å². The Balaban J connectivity index is 1.89. The Labute approximate surface area is 200 Å². The number of para-hydroxylation sites is 1. The number of ether oxygens (including phenoxy) is 2. The molecule has 0 unspecified atom stereocenters. The first-order valence-electron chi connectivity index (χ1n) is 9.85. The van der Waals surface area contributed by atoms with Crippen molar-refractivity contribution < 1.29 is 19.1 Å². The van der Waals surface area contributed by atoms with Crippen LogP contribution in [-0.2, 0) is 9.47 Å². The fourth-order valence-corrected chi connectivity index (χ4v) is 4.02. The molecule has 0 aliphatic heterocycles. The topological polar surface area (TPSA) is 70.4 Å². The minimum atomic E-state index is -0.705. The summed E-state index contributed by atoms with van der Waals surface area (Å²) in [7, 11) is 2.50. The van der Waals surface area contributed by atoms with E-state index in [0.29, 0.717) is 27.0 Å². The second-order valence-electron chi connectivity index (χ2n) is 7.04. The zero-order chi connectivity index (χ0) is 23.5. The van der Waals surface area contributed by atoms with Crippen molar-refractivity contribution in [2.45, 2.75) is 0 Å². The van der Waals surface area contributed by atoms with E-state index in [2.05, 4.69) is 5.10 Å². The molecule has 0 bridgehead atoms. The molecule has 0 N–H and O–H groups in total. The molecule has 1 aromatic heterocycles. The van der Waals surface area contributed by atoms with Crippen LogP contribution >= 0.6 is 23.2 Å². The molecule has 0 aliphatic rings. The van der Waals surface area contributed by atoms with Crippen LogP contribution in [0.5, 0.6) is 0 Å². The zero-order valence-electron chi connectivity index (χ0n) is 17.7. The van der Waals surface area contributed by atoms with Crippen molar-refractivity contribution in [2.75, 3.05) is 14.2 Å². The van der Waals surface area contributed by atoms with Gasteiger partial charge in [-0.25, -0.2) is 14.3 Å². The van der Waals surface area contributed by atoms with Gasteiger partial charge in [0.2, 0.25) is 0 Å². The molecular formula is C25H18Cl2N2O4. The van der Waals surface area contributed by atoms with Gasteiger partial charge in [0.15, 0.2) is 5.69 Å². The summed E-state index contributed by atoms with van der Waals surface area (Å²) in [6.07, 6.45) is 0. The van der Waals surface area contributed by atoms with Crippen LogP contribution in [0.15, 0.2) is 72.8 Å². The molecule has 8 heteroatoms. The molecule has 0 saturated heterocycles. The molecule has 3 aromatic carbocycles. The minimum absolute atomic E-state index is 0.0174. The number of carbonyl (C=O) groups is 2. The molecule has 33 heavy (non-hydrogen) atoms. The van der Waals surface area contributed by atoms with E-state index in [9.17, 15) is 9.59 Å². The normalized spacial score (nSPS) is 10.7. The van der Waals surface area contributed by atoms with Gasteiger partial charge in [-0.1, -0.05) is 65.7 Å². The molecule has 0 fully saturated rings. The first-order valence-corrected chi connectivity index (χ1v) is 10.6. The smallest absolute Gasteiger partial charge is 0.357 e. The number of methoxy groups -OCH3 is 2. The number of rotatable bonds is 5. The molecular weight excluding hydrogens is 463 g/mol. The fourth-order valence-electron chi connectivity index (χ4n) is 3.50. The molecule has 0 radical (unpaired) electrons. The van der Waals surface area contributed by atoms with Crippen LogP contribution in [0.25, 0.3) is 28.1 Å². The van der Waals surface area contributed by atoms with Crippen LogP contribution in [0.4, 0.5) is 0 Å². The van der Waals surface area contributed by atoms with Gasteiger partial charge in [-0.2, -0.15) is 5.10 Å². The van der Waals surface area contributed by atoms with Crippen molar-refractivity contribution in [3.63, 3.8) is 0 Å². The molecule has 0 amide bonds. The number of hydrogen-bond donors (Lipinski definition) is 0. The minimum Gasteiger partial charge on any atom is -0.465 e. The summed E-state index contributed by atoms with van der Waals surface area (Å²) in [5.41, 5.74) is 3.23. The SMILES string of the molecule is COC(=O)c1c(-c2ccc(-c3cc(Cl)cc(Cl)c3)cc2)nn(-c2ccccc2)c1C(=O)OC. The molecule has 0 aliphatic carbocycles. The van der Waals surface area contributed by atoms with Gasteiger partial charge < -0.3 is 9.47 Å². The molecule has 0 saturated carbocycles. The largest absolute Gasteiger partial charge is 0.465 e. The van der Waals surface area contributed by atoms with Crippen molar-refractivity contribution in [3.8, 4) is 28.1 Å². The summed E-state index contributed by atoms with van der Waals surface area (Å²) in [6, 6.07) is 21.6. The van der Waals surface area contributed by atoms with E-state index in [1.807, 2.05) is 30.3 Å². The van der Waals surface area contributed by atoms with Crippen molar-refractivity contribution in [1.29, 1.82) is 0 Å². The quantitative estimate of drug-likeness (QED) is 0.323. The first-order chi connectivity index (χ1) is 15.9. The number of carbonyl (C=O) groups excluding carboxylic acids is 2. The number of benzene rings is 3. The highest BCUT2D eigenvalue weighted by Crippen LogP contribution is 2.32. The van der Waals surface area contributed by atoms with E-state index in [1.165, 1.54) is 18.9 Å². The monoisotopic (exact) mass is 480 g/mol. The number of esters is 2. The van der Waals surface area contributed by atoms with Crippen LogP contribution in [-0.4, -0.2) is 35.9 Å². The second-order valence-corrected chi connectivity index (χ2v) is 7.91. The van der Waals surface area contributed by atoms with Gasteiger partial charge in [0.1, 0.15) is 11.3 Å². The molecule has 4 aromatic rings. The van der Waals surface area contributed by atoms with E-state index in [1.54, 1.807) is 42.5 Å². The highest BCUT2D eigenvalue weighted by Gasteiger charge is 2.31. The van der Waals surface area contributed by atoms with E-state index in [0.717, 1.165) is 11.1 Å². The number of halogens is 2. The van der Waals surface area contributed by atoms with Crippen LogP contribution in [0.2, 0.25) is 10.0 Å². The Bertz CT molecular complexity index is 1310. The third-order valence-corrected chi connectivity index (χ3v) is 5.45. The average Bonchev–Trinajstić information content (AvgIpc) is 3.24. The van der Waals surface area contributed by atoms with E-state index >= 15 is 0 Å². The van der Waals surface area contributed by atoms with Crippen molar-refractivity contribution in [1.82, 2.24) is 9.78 Å². The summed E-state index contributed by atoms with van der Waals surface area (Å²) < 4.78 is 11.3. The predicted molar refractivity (Wildman–Crippen MR) is 127 cm³/mol. The lowest BCUT2D eigenvalue weighted by molar-refractivity contribution is 0.0549. The summed E-state index contributed by atoms with van der Waals surface area (Å²) in [5, 5.41) is 5.65. The molecule has 1 heterocycles. The van der Waals surface area contributed by atoms with Crippen molar-refractivity contribution in [3.05, 3.63) is 94.1 Å². The molecule has 166 valence electrons.